The van der Waals surface area contributed by atoms with Gasteiger partial charge >= 0.3 is 0 Å². The first-order chi connectivity index (χ1) is 9.52. The van der Waals surface area contributed by atoms with Crippen molar-refractivity contribution in [3.63, 3.8) is 0 Å². The van der Waals surface area contributed by atoms with Gasteiger partial charge in [0.25, 0.3) is 5.91 Å². The number of carbonyl (C=O) groups excluding carboxylic acids is 1. The molecule has 0 atom stereocenters. The molecule has 104 valence electrons. The van der Waals surface area contributed by atoms with E-state index in [1.54, 1.807) is 25.3 Å². The molecule has 0 saturated carbocycles. The minimum absolute atomic E-state index is 0.374. The second-order valence-corrected chi connectivity index (χ2v) is 4.27. The lowest BCUT2D eigenvalue weighted by Gasteiger charge is -2.10. The molecule has 2 aromatic carbocycles. The molecule has 0 fully saturated rings. The maximum atomic E-state index is 13.6. The predicted molar refractivity (Wildman–Crippen MR) is 73.7 cm³/mol. The van der Waals surface area contributed by atoms with E-state index in [0.717, 1.165) is 11.6 Å². The van der Waals surface area contributed by atoms with Gasteiger partial charge in [-0.3, -0.25) is 4.79 Å². The number of hydrogen-bond acceptors (Lipinski definition) is 3. The van der Waals surface area contributed by atoms with E-state index in [9.17, 15) is 14.3 Å². The summed E-state index contributed by atoms with van der Waals surface area (Å²) in [6.07, 6.45) is 0. The highest BCUT2D eigenvalue weighted by atomic mass is 19.1. The summed E-state index contributed by atoms with van der Waals surface area (Å²) in [7, 11) is 1.55. The van der Waals surface area contributed by atoms with Crippen molar-refractivity contribution in [2.45, 2.75) is 6.92 Å². The van der Waals surface area contributed by atoms with Crippen LogP contribution in [0.3, 0.4) is 0 Å². The lowest BCUT2D eigenvalue weighted by molar-refractivity contribution is 0.102. The van der Waals surface area contributed by atoms with Crippen LogP contribution in [0.1, 0.15) is 15.9 Å². The summed E-state index contributed by atoms with van der Waals surface area (Å²) in [5, 5.41) is 12.1. The average Bonchev–Trinajstić information content (AvgIpc) is 2.38. The van der Waals surface area contributed by atoms with Crippen molar-refractivity contribution in [2.24, 2.45) is 0 Å². The highest BCUT2D eigenvalue weighted by molar-refractivity contribution is 6.06. The summed E-state index contributed by atoms with van der Waals surface area (Å²) in [4.78, 5) is 12.0. The molecule has 20 heavy (non-hydrogen) atoms. The Kier molecular flexibility index (Phi) is 3.89. The number of carbonyl (C=O) groups is 1. The van der Waals surface area contributed by atoms with Crippen LogP contribution >= 0.6 is 0 Å². The lowest BCUT2D eigenvalue weighted by atomic mass is 10.1. The normalized spacial score (nSPS) is 10.2. The van der Waals surface area contributed by atoms with Gasteiger partial charge < -0.3 is 15.2 Å². The monoisotopic (exact) mass is 275 g/mol. The zero-order chi connectivity index (χ0) is 14.7. The molecule has 0 aliphatic rings. The minimum atomic E-state index is -0.771. The summed E-state index contributed by atoms with van der Waals surface area (Å²) >= 11 is 0. The first kappa shape index (κ1) is 13.9. The van der Waals surface area contributed by atoms with Crippen molar-refractivity contribution in [1.82, 2.24) is 0 Å². The van der Waals surface area contributed by atoms with Crippen molar-refractivity contribution in [3.05, 3.63) is 53.3 Å². The Hall–Kier alpha value is -2.56. The topological polar surface area (TPSA) is 58.6 Å². The molecule has 2 rings (SSSR count). The van der Waals surface area contributed by atoms with Gasteiger partial charge in [0.05, 0.1) is 7.11 Å². The Labute approximate surface area is 115 Å². The number of ether oxygens (including phenoxy) is 1. The van der Waals surface area contributed by atoms with Crippen molar-refractivity contribution in [1.29, 1.82) is 0 Å². The Bertz CT molecular complexity index is 635. The summed E-state index contributed by atoms with van der Waals surface area (Å²) in [5.74, 6) is -1.18. The van der Waals surface area contributed by atoms with Crippen molar-refractivity contribution >= 4 is 11.6 Å². The number of hydrogen-bond donors (Lipinski definition) is 2. The van der Waals surface area contributed by atoms with Crippen molar-refractivity contribution in [3.8, 4) is 11.5 Å². The van der Waals surface area contributed by atoms with Gasteiger partial charge in [-0.15, -0.1) is 0 Å². The van der Waals surface area contributed by atoms with Gasteiger partial charge in [0.1, 0.15) is 22.9 Å². The van der Waals surface area contributed by atoms with E-state index in [1.165, 1.54) is 12.1 Å². The molecule has 0 radical (unpaired) electrons. The van der Waals surface area contributed by atoms with Crippen LogP contribution in [0, 0.1) is 12.7 Å². The minimum Gasteiger partial charge on any atom is -0.507 e. The Morgan fingerprint density at radius 1 is 1.30 bits per heavy atom. The number of halogens is 1. The van der Waals surface area contributed by atoms with Gasteiger partial charge in [-0.25, -0.2) is 4.39 Å². The number of amides is 1. The fourth-order valence-corrected chi connectivity index (χ4v) is 1.89. The van der Waals surface area contributed by atoms with Gasteiger partial charge in [-0.2, -0.15) is 0 Å². The highest BCUT2D eigenvalue weighted by Crippen LogP contribution is 2.24. The van der Waals surface area contributed by atoms with Gasteiger partial charge in [0.2, 0.25) is 0 Å². The van der Waals surface area contributed by atoms with Crippen LogP contribution in [-0.4, -0.2) is 18.1 Å². The third kappa shape index (κ3) is 2.71. The average molecular weight is 275 g/mol. The number of aromatic hydroxyl groups is 1. The first-order valence-corrected chi connectivity index (χ1v) is 5.96. The molecule has 2 N–H and O–H groups in total. The van der Waals surface area contributed by atoms with E-state index in [1.807, 2.05) is 6.92 Å². The molecular formula is C15H14FNO3. The van der Waals surface area contributed by atoms with Crippen molar-refractivity contribution < 1.29 is 19.0 Å². The molecule has 0 spiro atoms. The van der Waals surface area contributed by atoms with E-state index in [2.05, 4.69) is 5.32 Å². The molecule has 0 heterocycles. The number of aryl methyl sites for hydroxylation is 1. The number of phenols is 1. The van der Waals surface area contributed by atoms with Crippen LogP contribution in [0.4, 0.5) is 10.1 Å². The Morgan fingerprint density at radius 2 is 2.05 bits per heavy atom. The summed E-state index contributed by atoms with van der Waals surface area (Å²) in [6.45, 7) is 1.83. The second kappa shape index (κ2) is 5.61. The van der Waals surface area contributed by atoms with E-state index in [-0.39, 0.29) is 5.56 Å². The highest BCUT2D eigenvalue weighted by Gasteiger charge is 2.16. The van der Waals surface area contributed by atoms with Gasteiger partial charge in [0, 0.05) is 5.69 Å². The van der Waals surface area contributed by atoms with Crippen LogP contribution < -0.4 is 10.1 Å². The molecule has 5 heteroatoms. The second-order valence-electron chi connectivity index (χ2n) is 4.27. The third-order valence-electron chi connectivity index (χ3n) is 2.87. The zero-order valence-electron chi connectivity index (χ0n) is 11.1. The molecule has 0 aliphatic carbocycles. The fraction of sp³-hybridized carbons (Fsp3) is 0.133. The number of nitrogens with one attached hydrogen (secondary N) is 1. The maximum absolute atomic E-state index is 13.6. The molecule has 4 nitrogen and oxygen atoms in total. The van der Waals surface area contributed by atoms with Crippen LogP contribution in [0.25, 0.3) is 0 Å². The van der Waals surface area contributed by atoms with E-state index in [4.69, 9.17) is 4.74 Å². The summed E-state index contributed by atoms with van der Waals surface area (Å²) in [5.41, 5.74) is 0.958. The molecule has 1 amide bonds. The third-order valence-corrected chi connectivity index (χ3v) is 2.87. The lowest BCUT2D eigenvalue weighted by Crippen LogP contribution is -2.14. The number of phenolic OH excluding ortho intramolecular Hbond substituents is 1. The molecule has 0 bridgehead atoms. The van der Waals surface area contributed by atoms with Gasteiger partial charge in [-0.05, 0) is 42.8 Å². The number of methoxy groups -OCH3 is 1. The molecule has 0 unspecified atom stereocenters. The molecule has 0 aliphatic heterocycles. The van der Waals surface area contributed by atoms with Crippen LogP contribution in [0.2, 0.25) is 0 Å². The molecule has 0 aromatic heterocycles. The van der Waals surface area contributed by atoms with Crippen LogP contribution in [0.5, 0.6) is 11.5 Å². The smallest absolute Gasteiger partial charge is 0.262 e. The van der Waals surface area contributed by atoms with Gasteiger partial charge in [0.15, 0.2) is 0 Å². The maximum Gasteiger partial charge on any atom is 0.262 e. The predicted octanol–water partition coefficient (Wildman–Crippen LogP) is 3.10. The Morgan fingerprint density at radius 3 is 2.65 bits per heavy atom. The van der Waals surface area contributed by atoms with Crippen LogP contribution in [-0.2, 0) is 0 Å². The van der Waals surface area contributed by atoms with E-state index >= 15 is 0 Å². The van der Waals surface area contributed by atoms with Crippen molar-refractivity contribution in [2.75, 3.05) is 12.4 Å². The standard InChI is InChI=1S/C15H14FNO3/c1-9-8-10(6-7-13(9)20-2)17-15(19)14-11(16)4-3-5-12(14)18/h3-8,18H,1-2H3,(H,17,19). The number of benzene rings is 2. The summed E-state index contributed by atoms with van der Waals surface area (Å²) in [6, 6.07) is 8.76. The van der Waals surface area contributed by atoms with E-state index in [0.29, 0.717) is 11.4 Å². The zero-order valence-corrected chi connectivity index (χ0v) is 11.1. The van der Waals surface area contributed by atoms with E-state index < -0.39 is 17.5 Å². The van der Waals surface area contributed by atoms with Gasteiger partial charge in [-0.1, -0.05) is 6.07 Å². The van der Waals surface area contributed by atoms with Crippen LogP contribution in [0.15, 0.2) is 36.4 Å². The molecule has 0 saturated heterocycles. The fourth-order valence-electron chi connectivity index (χ4n) is 1.89. The molecule has 2 aromatic rings. The largest absolute Gasteiger partial charge is 0.507 e. The summed E-state index contributed by atoms with van der Waals surface area (Å²) < 4.78 is 18.7. The number of anilines is 1. The quantitative estimate of drug-likeness (QED) is 0.905. The number of rotatable bonds is 3. The first-order valence-electron chi connectivity index (χ1n) is 5.96. The Balaban J connectivity index is 2.26. The SMILES string of the molecule is COc1ccc(NC(=O)c2c(O)cccc2F)cc1C. The molecular weight excluding hydrogens is 261 g/mol.